The highest BCUT2D eigenvalue weighted by Gasteiger charge is 2.46. The number of allylic oxidation sites excluding steroid dienone is 1. The fourth-order valence-electron chi connectivity index (χ4n) is 2.55. The fraction of sp³-hybridized carbons (Fsp3) is 0.308. The topological polar surface area (TPSA) is 137 Å². The van der Waals surface area contributed by atoms with Crippen molar-refractivity contribution in [3.8, 4) is 0 Å². The molecule has 152 valence electrons. The molecule has 15 heteroatoms. The Morgan fingerprint density at radius 3 is 2.29 bits per heavy atom. The van der Waals surface area contributed by atoms with Crippen LogP contribution in [0.25, 0.3) is 0 Å². The summed E-state index contributed by atoms with van der Waals surface area (Å²) in [5, 5.41) is 21.4. The Balaban J connectivity index is 3.00. The molecule has 1 unspecified atom stereocenters. The average Bonchev–Trinajstić information content (AvgIpc) is 2.55. The first-order valence-electron chi connectivity index (χ1n) is 7.12. The lowest BCUT2D eigenvalue weighted by Gasteiger charge is -2.33. The summed E-state index contributed by atoms with van der Waals surface area (Å²) in [7, 11) is 1.08. The predicted molar refractivity (Wildman–Crippen MR) is 93.2 cm³/mol. The van der Waals surface area contributed by atoms with E-state index in [-0.39, 0.29) is 22.8 Å². The van der Waals surface area contributed by atoms with Crippen molar-refractivity contribution in [2.75, 3.05) is 12.0 Å². The highest BCUT2D eigenvalue weighted by Crippen LogP contribution is 2.50. The van der Waals surface area contributed by atoms with Gasteiger partial charge < -0.3 is 10.5 Å². The van der Waals surface area contributed by atoms with Crippen LogP contribution in [0.4, 0.5) is 30.2 Å². The van der Waals surface area contributed by atoms with Gasteiger partial charge in [-0.1, -0.05) is 23.2 Å². The van der Waals surface area contributed by atoms with Crippen molar-refractivity contribution >= 4 is 45.4 Å². The van der Waals surface area contributed by atoms with Crippen molar-refractivity contribution in [2.45, 2.75) is 19.3 Å². The number of nitro benzene ring substituents is 2. The van der Waals surface area contributed by atoms with E-state index in [2.05, 4.69) is 4.99 Å². The maximum Gasteiger partial charge on any atom is 0.418 e. The summed E-state index contributed by atoms with van der Waals surface area (Å²) in [6.07, 6.45) is -6.33. The summed E-state index contributed by atoms with van der Waals surface area (Å²) < 4.78 is 44.6. The van der Waals surface area contributed by atoms with Crippen LogP contribution in [0.15, 0.2) is 22.6 Å². The number of nitrogens with two attached hydrogens (primary N) is 1. The monoisotopic (exact) mass is 443 g/mol. The summed E-state index contributed by atoms with van der Waals surface area (Å²) in [6.45, 7) is 1.31. The van der Waals surface area contributed by atoms with E-state index in [1.54, 1.807) is 0 Å². The molecule has 0 saturated heterocycles. The van der Waals surface area contributed by atoms with Gasteiger partial charge in [0, 0.05) is 6.07 Å². The fourth-order valence-corrected chi connectivity index (χ4v) is 3.09. The third-order valence-corrected chi connectivity index (χ3v) is 4.34. The Morgan fingerprint density at radius 2 is 1.86 bits per heavy atom. The first-order chi connectivity index (χ1) is 12.8. The molecule has 0 spiro atoms. The van der Waals surface area contributed by atoms with E-state index in [1.807, 2.05) is 0 Å². The summed E-state index contributed by atoms with van der Waals surface area (Å²) in [4.78, 5) is 25.2. The lowest BCUT2D eigenvalue weighted by Crippen LogP contribution is -2.39. The van der Waals surface area contributed by atoms with Crippen molar-refractivity contribution in [2.24, 2.45) is 10.7 Å². The molecule has 1 aliphatic rings. The van der Waals surface area contributed by atoms with Gasteiger partial charge in [-0.3, -0.25) is 25.1 Å². The average molecular weight is 444 g/mol. The van der Waals surface area contributed by atoms with E-state index in [0.717, 1.165) is 12.0 Å². The molecule has 28 heavy (non-hydrogen) atoms. The molecule has 1 aromatic carbocycles. The number of nitrogens with zero attached hydrogens (tertiary/aromatic N) is 4. The zero-order valence-corrected chi connectivity index (χ0v) is 15.5. The molecule has 0 saturated carbocycles. The maximum absolute atomic E-state index is 13.2. The summed E-state index contributed by atoms with van der Waals surface area (Å²) in [5.74, 6) is -0.380. The number of nitro groups is 2. The minimum Gasteiger partial charge on any atom is -0.481 e. The SMILES string of the molecule is COC1=C(N)C(Cl)=NC(C)N1c1c([N+](=O)[O-])cc(C(F)(F)F)c(Cl)c1[N+](=O)[O-]. The molecule has 1 atom stereocenters. The van der Waals surface area contributed by atoms with Crippen molar-refractivity contribution < 1.29 is 27.8 Å². The quantitative estimate of drug-likeness (QED) is 0.552. The minimum atomic E-state index is -5.18. The Labute approximate surface area is 164 Å². The number of hydrogen-bond donors (Lipinski definition) is 1. The molecule has 0 radical (unpaired) electrons. The van der Waals surface area contributed by atoms with Gasteiger partial charge in [0.15, 0.2) is 5.17 Å². The molecular formula is C13H10Cl2F3N5O5. The van der Waals surface area contributed by atoms with Crippen LogP contribution in [-0.2, 0) is 10.9 Å². The van der Waals surface area contributed by atoms with E-state index >= 15 is 0 Å². The Morgan fingerprint density at radius 1 is 1.29 bits per heavy atom. The number of alkyl halides is 3. The van der Waals surface area contributed by atoms with Gasteiger partial charge in [0.05, 0.1) is 22.5 Å². The first kappa shape index (κ1) is 21.5. The molecule has 1 heterocycles. The van der Waals surface area contributed by atoms with Gasteiger partial charge >= 0.3 is 17.6 Å². The molecule has 1 aromatic rings. The van der Waals surface area contributed by atoms with E-state index in [4.69, 9.17) is 33.7 Å². The van der Waals surface area contributed by atoms with Crippen LogP contribution >= 0.6 is 23.2 Å². The zero-order chi connectivity index (χ0) is 21.5. The molecule has 0 aromatic heterocycles. The van der Waals surface area contributed by atoms with Crippen molar-refractivity contribution in [1.82, 2.24) is 0 Å². The van der Waals surface area contributed by atoms with E-state index < -0.39 is 49.8 Å². The molecule has 2 N–H and O–H groups in total. The lowest BCUT2D eigenvalue weighted by atomic mass is 10.1. The highest BCUT2D eigenvalue weighted by molar-refractivity contribution is 6.69. The van der Waals surface area contributed by atoms with Gasteiger partial charge in [0.2, 0.25) is 11.6 Å². The van der Waals surface area contributed by atoms with Crippen LogP contribution < -0.4 is 10.6 Å². The van der Waals surface area contributed by atoms with Gasteiger partial charge in [0.1, 0.15) is 16.9 Å². The second kappa shape index (κ2) is 7.31. The zero-order valence-electron chi connectivity index (χ0n) is 14.0. The lowest BCUT2D eigenvalue weighted by molar-refractivity contribution is -0.393. The van der Waals surface area contributed by atoms with E-state index in [1.165, 1.54) is 6.92 Å². The molecule has 10 nitrogen and oxygen atoms in total. The van der Waals surface area contributed by atoms with Gasteiger partial charge in [0.25, 0.3) is 0 Å². The summed E-state index contributed by atoms with van der Waals surface area (Å²) in [6, 6.07) is 0.0980. The second-order valence-electron chi connectivity index (χ2n) is 5.31. The standard InChI is InChI=1S/C13H10Cl2F3N5O5/c1-4-20-11(15)8(19)12(28-2)21(4)9-6(22(24)25)3-5(13(16,17)18)7(14)10(9)23(26)27/h3-4H,19H2,1-2H3. The van der Waals surface area contributed by atoms with Gasteiger partial charge in [-0.25, -0.2) is 4.99 Å². The Kier molecular flexibility index (Phi) is 5.62. The molecular weight excluding hydrogens is 434 g/mol. The van der Waals surface area contributed by atoms with Crippen LogP contribution in [0.1, 0.15) is 12.5 Å². The van der Waals surface area contributed by atoms with Crippen molar-refractivity contribution in [1.29, 1.82) is 0 Å². The largest absolute Gasteiger partial charge is 0.481 e. The minimum absolute atomic E-state index is 0.0980. The highest BCUT2D eigenvalue weighted by atomic mass is 35.5. The van der Waals surface area contributed by atoms with Crippen LogP contribution in [0.2, 0.25) is 5.02 Å². The third kappa shape index (κ3) is 3.49. The van der Waals surface area contributed by atoms with Crippen molar-refractivity contribution in [3.05, 3.63) is 48.5 Å². The summed E-state index contributed by atoms with van der Waals surface area (Å²) >= 11 is 11.5. The predicted octanol–water partition coefficient (Wildman–Crippen LogP) is 3.75. The number of rotatable bonds is 4. The van der Waals surface area contributed by atoms with Crippen LogP contribution in [0, 0.1) is 20.2 Å². The third-order valence-electron chi connectivity index (χ3n) is 3.66. The Hall–Kier alpha value is -2.80. The molecule has 2 rings (SSSR count). The number of hydrogen-bond acceptors (Lipinski definition) is 8. The normalized spacial score (nSPS) is 17.5. The van der Waals surface area contributed by atoms with E-state index in [0.29, 0.717) is 0 Å². The smallest absolute Gasteiger partial charge is 0.418 e. The first-order valence-corrected chi connectivity index (χ1v) is 7.87. The summed E-state index contributed by atoms with van der Waals surface area (Å²) in [5.41, 5.74) is 0.159. The number of halogens is 5. The van der Waals surface area contributed by atoms with Crippen molar-refractivity contribution in [3.63, 3.8) is 0 Å². The van der Waals surface area contributed by atoms with E-state index in [9.17, 15) is 33.4 Å². The van der Waals surface area contributed by atoms with Gasteiger partial charge in [-0.2, -0.15) is 13.2 Å². The molecule has 0 aliphatic carbocycles. The number of methoxy groups -OCH3 is 1. The molecule has 0 amide bonds. The molecule has 1 aliphatic heterocycles. The number of ether oxygens (including phenoxy) is 1. The van der Waals surface area contributed by atoms with Crippen LogP contribution in [0.3, 0.4) is 0 Å². The number of aliphatic imine (C=N–C) groups is 1. The number of benzene rings is 1. The number of anilines is 1. The van der Waals surface area contributed by atoms with Crippen LogP contribution in [0.5, 0.6) is 0 Å². The van der Waals surface area contributed by atoms with Gasteiger partial charge in [-0.05, 0) is 6.92 Å². The molecule has 0 bridgehead atoms. The van der Waals surface area contributed by atoms with Gasteiger partial charge in [-0.15, -0.1) is 0 Å². The second-order valence-corrected chi connectivity index (χ2v) is 6.05. The Bertz CT molecular complexity index is 934. The molecule has 0 fully saturated rings. The maximum atomic E-state index is 13.2. The van der Waals surface area contributed by atoms with Crippen LogP contribution in [-0.4, -0.2) is 28.3 Å².